The van der Waals surface area contributed by atoms with Gasteiger partial charge in [0.2, 0.25) is 0 Å². The van der Waals surface area contributed by atoms with E-state index in [9.17, 15) is 4.79 Å². The van der Waals surface area contributed by atoms with Crippen LogP contribution >= 0.6 is 15.9 Å². The van der Waals surface area contributed by atoms with Crippen molar-refractivity contribution in [2.45, 2.75) is 50.7 Å². The van der Waals surface area contributed by atoms with Gasteiger partial charge in [-0.3, -0.25) is 4.79 Å². The van der Waals surface area contributed by atoms with Crippen molar-refractivity contribution < 1.29 is 4.79 Å². The maximum atomic E-state index is 12.4. The summed E-state index contributed by atoms with van der Waals surface area (Å²) in [5.41, 5.74) is 0.784. The molecular weight excluding hydrogens is 306 g/mol. The number of hydrogen-bond donors (Lipinski definition) is 2. The lowest BCUT2D eigenvalue weighted by Gasteiger charge is -2.30. The molecule has 1 saturated carbocycles. The largest absolute Gasteiger partial charge is 0.346 e. The number of halogens is 1. The molecule has 2 heterocycles. The fraction of sp³-hybridized carbons (Fsp3) is 0.643. The first kappa shape index (κ1) is 13.2. The van der Waals surface area contributed by atoms with Crippen LogP contribution in [0.4, 0.5) is 0 Å². The zero-order valence-electron chi connectivity index (χ0n) is 11.2. The Morgan fingerprint density at radius 2 is 2.26 bits per heavy atom. The van der Waals surface area contributed by atoms with Crippen LogP contribution in [0.1, 0.15) is 49.1 Å². The number of hydrogen-bond acceptors (Lipinski definition) is 2. The Morgan fingerprint density at radius 1 is 1.47 bits per heavy atom. The molecule has 1 aliphatic heterocycles. The maximum Gasteiger partial charge on any atom is 0.268 e. The molecule has 2 N–H and O–H groups in total. The minimum absolute atomic E-state index is 0.0538. The van der Waals surface area contributed by atoms with Gasteiger partial charge in [0.1, 0.15) is 5.69 Å². The number of rotatable bonds is 3. The molecule has 3 rings (SSSR count). The number of nitrogens with one attached hydrogen (secondary N) is 2. The summed E-state index contributed by atoms with van der Waals surface area (Å²) in [5, 5.41) is 6.59. The lowest BCUT2D eigenvalue weighted by Crippen LogP contribution is -2.52. The normalized spacial score (nSPS) is 27.3. The SMILES string of the molecule is CC1NCCCC1NC(=O)c1cc(Br)cn1C1CC1. The Hall–Kier alpha value is -0.810. The zero-order chi connectivity index (χ0) is 13.4. The van der Waals surface area contributed by atoms with Crippen molar-refractivity contribution in [3.63, 3.8) is 0 Å². The Labute approximate surface area is 122 Å². The summed E-state index contributed by atoms with van der Waals surface area (Å²) in [6.45, 7) is 3.19. The summed E-state index contributed by atoms with van der Waals surface area (Å²) in [7, 11) is 0. The molecule has 0 bridgehead atoms. The van der Waals surface area contributed by atoms with Crippen molar-refractivity contribution in [1.82, 2.24) is 15.2 Å². The van der Waals surface area contributed by atoms with Crippen molar-refractivity contribution in [3.05, 3.63) is 22.4 Å². The summed E-state index contributed by atoms with van der Waals surface area (Å²) in [6, 6.07) is 3.04. The van der Waals surface area contributed by atoms with E-state index in [-0.39, 0.29) is 11.9 Å². The first-order chi connectivity index (χ1) is 9.15. The Balaban J connectivity index is 1.72. The number of carbonyl (C=O) groups is 1. The Kier molecular flexibility index (Phi) is 3.67. The maximum absolute atomic E-state index is 12.4. The van der Waals surface area contributed by atoms with Gasteiger partial charge < -0.3 is 15.2 Å². The highest BCUT2D eigenvalue weighted by Gasteiger charge is 2.29. The number of piperidine rings is 1. The third-order valence-electron chi connectivity index (χ3n) is 4.07. The summed E-state index contributed by atoms with van der Waals surface area (Å²) in [6.07, 6.45) is 6.58. The topological polar surface area (TPSA) is 46.1 Å². The molecule has 0 aromatic carbocycles. The van der Waals surface area contributed by atoms with Gasteiger partial charge in [-0.2, -0.15) is 0 Å². The van der Waals surface area contributed by atoms with Crippen molar-refractivity contribution in [3.8, 4) is 0 Å². The van der Waals surface area contributed by atoms with Gasteiger partial charge in [-0.15, -0.1) is 0 Å². The van der Waals surface area contributed by atoms with Crippen LogP contribution in [0.5, 0.6) is 0 Å². The van der Waals surface area contributed by atoms with Crippen LogP contribution < -0.4 is 10.6 Å². The van der Waals surface area contributed by atoms with Crippen LogP contribution in [-0.4, -0.2) is 29.1 Å². The monoisotopic (exact) mass is 325 g/mol. The third-order valence-corrected chi connectivity index (χ3v) is 4.50. The predicted octanol–water partition coefficient (Wildman–Crippen LogP) is 2.46. The van der Waals surface area contributed by atoms with Gasteiger partial charge in [0.05, 0.1) is 0 Å². The number of amides is 1. The molecule has 2 unspecified atom stereocenters. The van der Waals surface area contributed by atoms with Gasteiger partial charge in [0.25, 0.3) is 5.91 Å². The van der Waals surface area contributed by atoms with E-state index in [1.165, 1.54) is 12.8 Å². The van der Waals surface area contributed by atoms with Gasteiger partial charge in [0, 0.05) is 28.8 Å². The molecule has 1 aromatic rings. The fourth-order valence-electron chi connectivity index (χ4n) is 2.77. The quantitative estimate of drug-likeness (QED) is 0.896. The third kappa shape index (κ3) is 2.87. The summed E-state index contributed by atoms with van der Waals surface area (Å²) in [4.78, 5) is 12.4. The van der Waals surface area contributed by atoms with E-state index >= 15 is 0 Å². The van der Waals surface area contributed by atoms with Gasteiger partial charge in [-0.1, -0.05) is 0 Å². The molecule has 4 nitrogen and oxygen atoms in total. The van der Waals surface area contributed by atoms with Crippen molar-refractivity contribution in [2.24, 2.45) is 0 Å². The van der Waals surface area contributed by atoms with E-state index in [1.807, 2.05) is 12.3 Å². The summed E-state index contributed by atoms with van der Waals surface area (Å²) >= 11 is 3.47. The second-order valence-corrected chi connectivity index (χ2v) is 6.56. The van der Waals surface area contributed by atoms with E-state index < -0.39 is 0 Å². The highest BCUT2D eigenvalue weighted by molar-refractivity contribution is 9.10. The van der Waals surface area contributed by atoms with Gasteiger partial charge in [-0.25, -0.2) is 0 Å². The molecule has 2 aliphatic rings. The average Bonchev–Trinajstić information content (AvgIpc) is 3.15. The molecule has 5 heteroatoms. The van der Waals surface area contributed by atoms with Crippen LogP contribution in [0.2, 0.25) is 0 Å². The van der Waals surface area contributed by atoms with E-state index in [0.29, 0.717) is 12.1 Å². The fourth-order valence-corrected chi connectivity index (χ4v) is 3.20. The molecule has 0 radical (unpaired) electrons. The number of nitrogens with zero attached hydrogens (tertiary/aromatic N) is 1. The minimum atomic E-state index is 0.0538. The lowest BCUT2D eigenvalue weighted by atomic mass is 10.00. The highest BCUT2D eigenvalue weighted by atomic mass is 79.9. The molecule has 104 valence electrons. The minimum Gasteiger partial charge on any atom is -0.346 e. The number of aromatic nitrogens is 1. The van der Waals surface area contributed by atoms with E-state index in [0.717, 1.165) is 29.6 Å². The van der Waals surface area contributed by atoms with Crippen LogP contribution in [0.15, 0.2) is 16.7 Å². The van der Waals surface area contributed by atoms with Crippen LogP contribution in [0.25, 0.3) is 0 Å². The average molecular weight is 326 g/mol. The molecule has 1 aliphatic carbocycles. The molecule has 0 spiro atoms. The van der Waals surface area contributed by atoms with Crippen LogP contribution in [0.3, 0.4) is 0 Å². The molecule has 1 aromatic heterocycles. The standard InChI is InChI=1S/C14H20BrN3O/c1-9-12(3-2-6-16-9)17-14(19)13-7-10(15)8-18(13)11-4-5-11/h7-9,11-12,16H,2-6H2,1H3,(H,17,19). The van der Waals surface area contributed by atoms with Crippen LogP contribution in [0, 0.1) is 0 Å². The first-order valence-corrected chi connectivity index (χ1v) is 7.86. The highest BCUT2D eigenvalue weighted by Crippen LogP contribution is 2.37. The van der Waals surface area contributed by atoms with Crippen LogP contribution in [-0.2, 0) is 0 Å². The summed E-state index contributed by atoms with van der Waals surface area (Å²) < 4.78 is 3.10. The second-order valence-electron chi connectivity index (χ2n) is 5.65. The zero-order valence-corrected chi connectivity index (χ0v) is 12.7. The van der Waals surface area contributed by atoms with Gasteiger partial charge in [0.15, 0.2) is 0 Å². The lowest BCUT2D eigenvalue weighted by molar-refractivity contribution is 0.0910. The molecule has 1 amide bonds. The molecule has 19 heavy (non-hydrogen) atoms. The van der Waals surface area contributed by atoms with Crippen molar-refractivity contribution in [2.75, 3.05) is 6.54 Å². The van der Waals surface area contributed by atoms with E-state index in [1.54, 1.807) is 0 Å². The van der Waals surface area contributed by atoms with Crippen molar-refractivity contribution in [1.29, 1.82) is 0 Å². The Bertz CT molecular complexity index is 481. The smallest absolute Gasteiger partial charge is 0.268 e. The molecular formula is C14H20BrN3O. The van der Waals surface area contributed by atoms with Crippen molar-refractivity contribution >= 4 is 21.8 Å². The van der Waals surface area contributed by atoms with Gasteiger partial charge >= 0.3 is 0 Å². The van der Waals surface area contributed by atoms with Gasteiger partial charge in [-0.05, 0) is 61.1 Å². The predicted molar refractivity (Wildman–Crippen MR) is 78.4 cm³/mol. The number of carbonyl (C=O) groups excluding carboxylic acids is 1. The molecule has 2 fully saturated rings. The van der Waals surface area contributed by atoms with E-state index in [4.69, 9.17) is 0 Å². The van der Waals surface area contributed by atoms with E-state index in [2.05, 4.69) is 38.1 Å². The second kappa shape index (κ2) is 5.29. The molecule has 2 atom stereocenters. The first-order valence-electron chi connectivity index (χ1n) is 7.07. The summed E-state index contributed by atoms with van der Waals surface area (Å²) in [5.74, 6) is 0.0538. The molecule has 1 saturated heterocycles. The Morgan fingerprint density at radius 3 is 2.95 bits per heavy atom.